The Kier molecular flexibility index (Phi) is 8.27. The van der Waals surface area contributed by atoms with Crippen LogP contribution in [0.5, 0.6) is 0 Å². The zero-order valence-corrected chi connectivity index (χ0v) is 26.8. The molecule has 0 N–H and O–H groups in total. The molecular formula is C39H45FN2O2. The van der Waals surface area contributed by atoms with Crippen molar-refractivity contribution in [2.75, 3.05) is 13.1 Å². The molecular weight excluding hydrogens is 547 g/mol. The highest BCUT2D eigenvalue weighted by atomic mass is 19.1. The first-order valence-electron chi connectivity index (χ1n) is 16.0. The molecule has 1 saturated heterocycles. The first kappa shape index (κ1) is 30.3. The van der Waals surface area contributed by atoms with Gasteiger partial charge in [-0.2, -0.15) is 0 Å². The lowest BCUT2D eigenvalue weighted by atomic mass is 9.62. The van der Waals surface area contributed by atoms with Crippen LogP contribution in [-0.4, -0.2) is 34.8 Å². The van der Waals surface area contributed by atoms with Crippen LogP contribution < -0.4 is 0 Å². The standard InChI is InChI=1S/C39H45FN2O2/c1-27-21-33-34(39(4,5)19-18-38(33,2)3)23-30(27)22-32-15-16-36(44-32)37(43)42(25-29-13-9-10-14-35(29)40)31-17-20-41(26-31)24-28-11-7-6-8-12-28/h6-16,21,23,31H,17-20,22,24-26H2,1-5H3. The SMILES string of the molecule is Cc1cc2c(cc1Cc1ccc(C(=O)N(Cc3ccccc3F)C3CCN(Cc4ccccc4)C3)o1)C(C)(C)CCC2(C)C. The smallest absolute Gasteiger partial charge is 0.290 e. The summed E-state index contributed by atoms with van der Waals surface area (Å²) < 4.78 is 21.1. The largest absolute Gasteiger partial charge is 0.456 e. The Bertz CT molecular complexity index is 1640. The molecule has 5 heteroatoms. The van der Waals surface area contributed by atoms with E-state index in [1.165, 1.54) is 40.3 Å². The third kappa shape index (κ3) is 6.25. The Labute approximate surface area is 261 Å². The number of halogens is 1. The molecule has 0 bridgehead atoms. The van der Waals surface area contributed by atoms with Gasteiger partial charge in [-0.25, -0.2) is 4.39 Å². The number of nitrogens with zero attached hydrogens (tertiary/aromatic N) is 2. The van der Waals surface area contributed by atoms with Gasteiger partial charge in [0.2, 0.25) is 0 Å². The first-order valence-corrected chi connectivity index (χ1v) is 16.0. The number of fused-ring (bicyclic) bond motifs is 1. The van der Waals surface area contributed by atoms with Crippen LogP contribution >= 0.6 is 0 Å². The van der Waals surface area contributed by atoms with Crippen LogP contribution in [0.3, 0.4) is 0 Å². The van der Waals surface area contributed by atoms with Crippen molar-refractivity contribution in [3.63, 3.8) is 0 Å². The second-order valence-corrected chi connectivity index (χ2v) is 14.2. The van der Waals surface area contributed by atoms with Crippen molar-refractivity contribution < 1.29 is 13.6 Å². The molecule has 4 aromatic rings. The van der Waals surface area contributed by atoms with Gasteiger partial charge in [0.15, 0.2) is 5.76 Å². The van der Waals surface area contributed by atoms with Crippen molar-refractivity contribution in [2.45, 2.75) is 90.3 Å². The minimum Gasteiger partial charge on any atom is -0.456 e. The Morgan fingerprint density at radius 2 is 1.59 bits per heavy atom. The summed E-state index contributed by atoms with van der Waals surface area (Å²) >= 11 is 0. The van der Waals surface area contributed by atoms with Gasteiger partial charge in [-0.3, -0.25) is 9.69 Å². The Hall–Kier alpha value is -3.70. The maximum atomic E-state index is 14.8. The zero-order valence-electron chi connectivity index (χ0n) is 26.8. The van der Waals surface area contributed by atoms with Crippen molar-refractivity contribution in [3.8, 4) is 0 Å². The highest BCUT2D eigenvalue weighted by Crippen LogP contribution is 2.46. The third-order valence-corrected chi connectivity index (χ3v) is 10.0. The van der Waals surface area contributed by atoms with E-state index in [0.717, 1.165) is 38.2 Å². The summed E-state index contributed by atoms with van der Waals surface area (Å²) in [5, 5.41) is 0. The lowest BCUT2D eigenvalue weighted by Gasteiger charge is -2.42. The highest BCUT2D eigenvalue weighted by Gasteiger charge is 2.38. The topological polar surface area (TPSA) is 36.7 Å². The van der Waals surface area contributed by atoms with Gasteiger partial charge in [0.25, 0.3) is 5.91 Å². The molecule has 3 aromatic carbocycles. The number of aryl methyl sites for hydroxylation is 1. The minimum atomic E-state index is -0.293. The summed E-state index contributed by atoms with van der Waals surface area (Å²) in [6.07, 6.45) is 3.81. The molecule has 0 radical (unpaired) electrons. The van der Waals surface area contributed by atoms with Crippen LogP contribution in [0, 0.1) is 12.7 Å². The molecule has 1 fully saturated rings. The first-order chi connectivity index (χ1) is 21.0. The molecule has 2 heterocycles. The summed E-state index contributed by atoms with van der Waals surface area (Å²) in [5.74, 6) is 0.608. The summed E-state index contributed by atoms with van der Waals surface area (Å²) in [6.45, 7) is 14.2. The van der Waals surface area contributed by atoms with Crippen LogP contribution in [0.2, 0.25) is 0 Å². The molecule has 2 aliphatic rings. The van der Waals surface area contributed by atoms with E-state index >= 15 is 0 Å². The van der Waals surface area contributed by atoms with E-state index in [0.29, 0.717) is 17.7 Å². The van der Waals surface area contributed by atoms with Crippen LogP contribution in [0.25, 0.3) is 0 Å². The number of hydrogen-bond acceptors (Lipinski definition) is 3. The fourth-order valence-corrected chi connectivity index (χ4v) is 7.10. The number of likely N-dealkylation sites (tertiary alicyclic amines) is 1. The van der Waals surface area contributed by atoms with Gasteiger partial charge in [0.1, 0.15) is 11.6 Å². The molecule has 1 aromatic heterocycles. The third-order valence-electron chi connectivity index (χ3n) is 10.0. The number of amides is 1. The highest BCUT2D eigenvalue weighted by molar-refractivity contribution is 5.91. The molecule has 4 nitrogen and oxygen atoms in total. The van der Waals surface area contributed by atoms with Crippen molar-refractivity contribution >= 4 is 5.91 Å². The molecule has 6 rings (SSSR count). The van der Waals surface area contributed by atoms with Crippen molar-refractivity contribution in [1.29, 1.82) is 0 Å². The summed E-state index contributed by atoms with van der Waals surface area (Å²) in [5.41, 5.74) is 7.42. The van der Waals surface area contributed by atoms with Crippen molar-refractivity contribution in [2.24, 2.45) is 0 Å². The molecule has 1 aliphatic carbocycles. The Morgan fingerprint density at radius 3 is 2.32 bits per heavy atom. The lowest BCUT2D eigenvalue weighted by Crippen LogP contribution is -2.41. The van der Waals surface area contributed by atoms with Gasteiger partial charge in [0.05, 0.1) is 0 Å². The molecule has 0 spiro atoms. The quantitative estimate of drug-likeness (QED) is 0.206. The van der Waals surface area contributed by atoms with Crippen LogP contribution in [0.4, 0.5) is 4.39 Å². The maximum Gasteiger partial charge on any atom is 0.290 e. The summed E-state index contributed by atoms with van der Waals surface area (Å²) in [6, 6.07) is 25.6. The zero-order chi connectivity index (χ0) is 31.1. The molecule has 44 heavy (non-hydrogen) atoms. The average molecular weight is 593 g/mol. The second kappa shape index (κ2) is 12.0. The second-order valence-electron chi connectivity index (χ2n) is 14.2. The fourth-order valence-electron chi connectivity index (χ4n) is 7.10. The number of carbonyl (C=O) groups excluding carboxylic acids is 1. The van der Waals surface area contributed by atoms with E-state index in [1.54, 1.807) is 18.2 Å². The molecule has 1 atom stereocenters. The van der Waals surface area contributed by atoms with E-state index < -0.39 is 0 Å². The predicted octanol–water partition coefficient (Wildman–Crippen LogP) is 8.58. The van der Waals surface area contributed by atoms with Gasteiger partial charge in [-0.05, 0) is 83.0 Å². The van der Waals surface area contributed by atoms with Crippen LogP contribution in [-0.2, 0) is 30.3 Å². The molecule has 1 amide bonds. The Balaban J connectivity index is 1.23. The predicted molar refractivity (Wildman–Crippen MR) is 174 cm³/mol. The van der Waals surface area contributed by atoms with Crippen molar-refractivity contribution in [1.82, 2.24) is 9.80 Å². The molecule has 230 valence electrons. The van der Waals surface area contributed by atoms with E-state index in [-0.39, 0.29) is 35.1 Å². The Morgan fingerprint density at radius 1 is 0.909 bits per heavy atom. The van der Waals surface area contributed by atoms with Gasteiger partial charge in [-0.15, -0.1) is 0 Å². The van der Waals surface area contributed by atoms with E-state index in [4.69, 9.17) is 4.42 Å². The van der Waals surface area contributed by atoms with Gasteiger partial charge < -0.3 is 9.32 Å². The number of benzene rings is 3. The minimum absolute atomic E-state index is 0.0344. The number of hydrogen-bond donors (Lipinski definition) is 0. The number of furan rings is 1. The normalized spacial score (nSPS) is 19.1. The molecule has 1 unspecified atom stereocenters. The number of carbonyl (C=O) groups is 1. The molecule has 0 saturated carbocycles. The monoisotopic (exact) mass is 592 g/mol. The fraction of sp³-hybridized carbons (Fsp3) is 0.410. The van der Waals surface area contributed by atoms with Gasteiger partial charge in [-0.1, -0.05) is 88.4 Å². The van der Waals surface area contributed by atoms with Gasteiger partial charge >= 0.3 is 0 Å². The van der Waals surface area contributed by atoms with Crippen LogP contribution in [0.15, 0.2) is 83.3 Å². The maximum absolute atomic E-state index is 14.8. The van der Waals surface area contributed by atoms with E-state index in [1.807, 2.05) is 23.1 Å². The molecule has 1 aliphatic heterocycles. The summed E-state index contributed by atoms with van der Waals surface area (Å²) in [4.78, 5) is 18.3. The lowest BCUT2D eigenvalue weighted by molar-refractivity contribution is 0.0628. The van der Waals surface area contributed by atoms with Crippen molar-refractivity contribution in [3.05, 3.63) is 130 Å². The average Bonchev–Trinajstić information content (AvgIpc) is 3.66. The summed E-state index contributed by atoms with van der Waals surface area (Å²) in [7, 11) is 0. The van der Waals surface area contributed by atoms with Gasteiger partial charge in [0, 0.05) is 44.2 Å². The van der Waals surface area contributed by atoms with E-state index in [2.05, 4.69) is 75.9 Å². The number of rotatable bonds is 8. The van der Waals surface area contributed by atoms with E-state index in [9.17, 15) is 9.18 Å². The van der Waals surface area contributed by atoms with Crippen LogP contribution in [0.1, 0.15) is 96.7 Å².